The van der Waals surface area contributed by atoms with E-state index in [0.29, 0.717) is 9.26 Å². The highest BCUT2D eigenvalue weighted by atomic mass is 127. The van der Waals surface area contributed by atoms with Crippen LogP contribution in [0.1, 0.15) is 5.56 Å². The molecule has 0 unspecified atom stereocenters. The van der Waals surface area contributed by atoms with Crippen LogP contribution in [0.4, 0.5) is 10.1 Å². The summed E-state index contributed by atoms with van der Waals surface area (Å²) in [6, 6.07) is 6.76. The smallest absolute Gasteiger partial charge is 0.279 e. The third kappa shape index (κ3) is 3.44. The molecular formula is C12H11FIN3O2S. The van der Waals surface area contributed by atoms with Crippen LogP contribution in [-0.4, -0.2) is 13.4 Å². The monoisotopic (exact) mass is 407 g/mol. The predicted molar refractivity (Wildman–Crippen MR) is 82.1 cm³/mol. The molecule has 5 nitrogen and oxygen atoms in total. The minimum absolute atomic E-state index is 0.116. The third-order valence-electron chi connectivity index (χ3n) is 2.48. The second-order valence-electron chi connectivity index (χ2n) is 3.94. The quantitative estimate of drug-likeness (QED) is 0.761. The summed E-state index contributed by atoms with van der Waals surface area (Å²) >= 11 is 1.85. The minimum atomic E-state index is -3.80. The lowest BCUT2D eigenvalue weighted by molar-refractivity contribution is 0.597. The molecule has 0 aliphatic heterocycles. The number of halogens is 2. The standard InChI is InChI=1S/C12H11FIN3O2S/c13-9-2-3-11(10(14)5-9)17-20(18,19)12-4-1-8(6-15)7-16-12/h1-5,7,17H,6,15H2. The van der Waals surface area contributed by atoms with Crippen LogP contribution in [0.25, 0.3) is 0 Å². The Morgan fingerprint density at radius 1 is 1.30 bits per heavy atom. The van der Waals surface area contributed by atoms with Crippen molar-refractivity contribution in [1.29, 1.82) is 0 Å². The maximum Gasteiger partial charge on any atom is 0.279 e. The first kappa shape index (κ1) is 15.1. The van der Waals surface area contributed by atoms with E-state index in [1.54, 1.807) is 6.07 Å². The summed E-state index contributed by atoms with van der Waals surface area (Å²) in [4.78, 5) is 3.86. The van der Waals surface area contributed by atoms with E-state index in [9.17, 15) is 12.8 Å². The van der Waals surface area contributed by atoms with Crippen molar-refractivity contribution >= 4 is 38.3 Å². The summed E-state index contributed by atoms with van der Waals surface area (Å²) in [6.45, 7) is 0.288. The number of hydrogen-bond acceptors (Lipinski definition) is 4. The van der Waals surface area contributed by atoms with Crippen LogP contribution in [0.5, 0.6) is 0 Å². The molecule has 1 aromatic heterocycles. The van der Waals surface area contributed by atoms with Gasteiger partial charge in [-0.2, -0.15) is 8.42 Å². The summed E-state index contributed by atoms with van der Waals surface area (Å²) in [5.41, 5.74) is 6.46. The Labute approximate surface area is 129 Å². The van der Waals surface area contributed by atoms with E-state index >= 15 is 0 Å². The van der Waals surface area contributed by atoms with Gasteiger partial charge in [0.15, 0.2) is 5.03 Å². The second-order valence-corrected chi connectivity index (χ2v) is 6.73. The van der Waals surface area contributed by atoms with E-state index in [-0.39, 0.29) is 11.6 Å². The molecule has 0 amide bonds. The predicted octanol–water partition coefficient (Wildman–Crippen LogP) is 2.08. The largest absolute Gasteiger partial charge is 0.326 e. The van der Waals surface area contributed by atoms with Crippen molar-refractivity contribution in [3.8, 4) is 0 Å². The zero-order chi connectivity index (χ0) is 14.8. The van der Waals surface area contributed by atoms with Crippen LogP contribution in [-0.2, 0) is 16.6 Å². The molecule has 2 aromatic rings. The van der Waals surface area contributed by atoms with Crippen LogP contribution in [0.2, 0.25) is 0 Å². The molecule has 0 spiro atoms. The molecule has 0 aliphatic rings. The third-order valence-corrected chi connectivity index (χ3v) is 4.66. The van der Waals surface area contributed by atoms with Gasteiger partial charge in [0.1, 0.15) is 5.82 Å². The Kier molecular flexibility index (Phi) is 4.55. The summed E-state index contributed by atoms with van der Waals surface area (Å²) < 4.78 is 40.1. The summed E-state index contributed by atoms with van der Waals surface area (Å²) in [7, 11) is -3.80. The molecule has 0 bridgehead atoms. The van der Waals surface area contributed by atoms with Crippen molar-refractivity contribution in [3.63, 3.8) is 0 Å². The van der Waals surface area contributed by atoms with Crippen LogP contribution in [0.3, 0.4) is 0 Å². The van der Waals surface area contributed by atoms with E-state index in [1.807, 2.05) is 22.6 Å². The first-order valence-corrected chi connectivity index (χ1v) is 8.11. The van der Waals surface area contributed by atoms with Gasteiger partial charge in [0.25, 0.3) is 10.0 Å². The van der Waals surface area contributed by atoms with E-state index in [0.717, 1.165) is 5.56 Å². The molecule has 1 aromatic carbocycles. The van der Waals surface area contributed by atoms with Crippen LogP contribution in [0, 0.1) is 9.39 Å². The molecule has 106 valence electrons. The molecule has 2 rings (SSSR count). The topological polar surface area (TPSA) is 85.1 Å². The Morgan fingerprint density at radius 3 is 2.60 bits per heavy atom. The first-order chi connectivity index (χ1) is 9.42. The number of hydrogen-bond donors (Lipinski definition) is 2. The average molecular weight is 407 g/mol. The van der Waals surface area contributed by atoms with Gasteiger partial charge in [-0.3, -0.25) is 4.72 Å². The number of nitrogens with zero attached hydrogens (tertiary/aromatic N) is 1. The maximum absolute atomic E-state index is 13.0. The lowest BCUT2D eigenvalue weighted by Crippen LogP contribution is -2.15. The summed E-state index contributed by atoms with van der Waals surface area (Å²) in [6.07, 6.45) is 1.41. The zero-order valence-corrected chi connectivity index (χ0v) is 13.2. The van der Waals surface area contributed by atoms with Gasteiger partial charge in [-0.1, -0.05) is 6.07 Å². The van der Waals surface area contributed by atoms with Gasteiger partial charge in [0, 0.05) is 16.3 Å². The van der Waals surface area contributed by atoms with Gasteiger partial charge in [-0.25, -0.2) is 9.37 Å². The highest BCUT2D eigenvalue weighted by molar-refractivity contribution is 14.1. The lowest BCUT2D eigenvalue weighted by Gasteiger charge is -2.09. The summed E-state index contributed by atoms with van der Waals surface area (Å²) in [5, 5.41) is -0.116. The first-order valence-electron chi connectivity index (χ1n) is 5.55. The molecule has 0 radical (unpaired) electrons. The summed E-state index contributed by atoms with van der Waals surface area (Å²) in [5.74, 6) is -0.428. The second kappa shape index (κ2) is 6.02. The van der Waals surface area contributed by atoms with Crippen LogP contribution >= 0.6 is 22.6 Å². The molecular weight excluding hydrogens is 396 g/mol. The number of benzene rings is 1. The van der Waals surface area contributed by atoms with Gasteiger partial charge in [0.05, 0.1) is 5.69 Å². The Bertz CT molecular complexity index is 720. The van der Waals surface area contributed by atoms with Crippen molar-refractivity contribution in [1.82, 2.24) is 4.98 Å². The minimum Gasteiger partial charge on any atom is -0.326 e. The fourth-order valence-electron chi connectivity index (χ4n) is 1.46. The van der Waals surface area contributed by atoms with Crippen molar-refractivity contribution < 1.29 is 12.8 Å². The molecule has 0 saturated heterocycles. The Hall–Kier alpha value is -1.26. The molecule has 1 heterocycles. The Morgan fingerprint density at radius 2 is 2.05 bits per heavy atom. The van der Waals surface area contributed by atoms with Crippen molar-refractivity contribution in [3.05, 3.63) is 51.5 Å². The maximum atomic E-state index is 13.0. The fraction of sp³-hybridized carbons (Fsp3) is 0.0833. The molecule has 0 saturated carbocycles. The number of nitrogens with two attached hydrogens (primary N) is 1. The molecule has 20 heavy (non-hydrogen) atoms. The van der Waals surface area contributed by atoms with Crippen molar-refractivity contribution in [2.24, 2.45) is 5.73 Å². The number of anilines is 1. The normalized spacial score (nSPS) is 11.3. The fourth-order valence-corrected chi connectivity index (χ4v) is 3.27. The van der Waals surface area contributed by atoms with Crippen LogP contribution in [0.15, 0.2) is 41.6 Å². The van der Waals surface area contributed by atoms with E-state index in [2.05, 4.69) is 9.71 Å². The number of pyridine rings is 1. The Balaban J connectivity index is 2.30. The lowest BCUT2D eigenvalue weighted by atomic mass is 10.3. The van der Waals surface area contributed by atoms with Gasteiger partial charge >= 0.3 is 0 Å². The number of rotatable bonds is 4. The van der Waals surface area contributed by atoms with E-state index in [4.69, 9.17) is 5.73 Å². The van der Waals surface area contributed by atoms with Crippen molar-refractivity contribution in [2.75, 3.05) is 4.72 Å². The number of nitrogens with one attached hydrogen (secondary N) is 1. The number of aromatic nitrogens is 1. The molecule has 3 N–H and O–H groups in total. The highest BCUT2D eigenvalue weighted by Gasteiger charge is 2.17. The SMILES string of the molecule is NCc1ccc(S(=O)(=O)Nc2ccc(F)cc2I)nc1. The van der Waals surface area contributed by atoms with Gasteiger partial charge in [-0.15, -0.1) is 0 Å². The highest BCUT2D eigenvalue weighted by Crippen LogP contribution is 2.22. The average Bonchev–Trinajstić information content (AvgIpc) is 2.42. The molecule has 8 heteroatoms. The van der Waals surface area contributed by atoms with Gasteiger partial charge < -0.3 is 5.73 Å². The zero-order valence-electron chi connectivity index (χ0n) is 10.2. The van der Waals surface area contributed by atoms with Crippen molar-refractivity contribution in [2.45, 2.75) is 11.6 Å². The molecule has 0 fully saturated rings. The molecule has 0 atom stereocenters. The van der Waals surface area contributed by atoms with E-state index < -0.39 is 15.8 Å². The number of sulfonamides is 1. The van der Waals surface area contributed by atoms with E-state index in [1.165, 1.54) is 30.5 Å². The molecule has 0 aliphatic carbocycles. The van der Waals surface area contributed by atoms with Gasteiger partial charge in [0.2, 0.25) is 0 Å². The van der Waals surface area contributed by atoms with Gasteiger partial charge in [-0.05, 0) is 52.4 Å². The van der Waals surface area contributed by atoms with Crippen LogP contribution < -0.4 is 10.5 Å².